The van der Waals surface area contributed by atoms with Crippen LogP contribution in [0.5, 0.6) is 5.75 Å². The summed E-state index contributed by atoms with van der Waals surface area (Å²) in [5.74, 6) is 0.619. The van der Waals surface area contributed by atoms with E-state index >= 15 is 0 Å². The van der Waals surface area contributed by atoms with Crippen molar-refractivity contribution in [1.82, 2.24) is 10.2 Å². The summed E-state index contributed by atoms with van der Waals surface area (Å²) in [6, 6.07) is 17.8. The molecular weight excluding hydrogens is 352 g/mol. The first-order chi connectivity index (χ1) is 13.6. The van der Waals surface area contributed by atoms with Crippen molar-refractivity contribution in [2.45, 2.75) is 38.4 Å². The molecule has 5 heteroatoms. The molecule has 1 atom stereocenters. The Balaban J connectivity index is 1.40. The summed E-state index contributed by atoms with van der Waals surface area (Å²) in [6.45, 7) is 5.09. The molecule has 1 saturated heterocycles. The van der Waals surface area contributed by atoms with Gasteiger partial charge in [-0.25, -0.2) is 0 Å². The number of rotatable bonds is 8. The fourth-order valence-corrected chi connectivity index (χ4v) is 3.40. The maximum atomic E-state index is 12.0. The molecule has 0 spiro atoms. The van der Waals surface area contributed by atoms with Gasteiger partial charge in [0.1, 0.15) is 11.9 Å². The van der Waals surface area contributed by atoms with Crippen molar-refractivity contribution in [3.63, 3.8) is 0 Å². The lowest BCUT2D eigenvalue weighted by Gasteiger charge is -2.32. The van der Waals surface area contributed by atoms with Gasteiger partial charge in [-0.05, 0) is 56.0 Å². The number of piperidine rings is 1. The topological polar surface area (TPSA) is 61.8 Å². The largest absolute Gasteiger partial charge is 0.490 e. The van der Waals surface area contributed by atoms with Crippen LogP contribution in [0.15, 0.2) is 54.6 Å². The zero-order valence-corrected chi connectivity index (χ0v) is 16.5. The van der Waals surface area contributed by atoms with Crippen LogP contribution in [-0.2, 0) is 6.42 Å². The number of ether oxygens (including phenoxy) is 1. The van der Waals surface area contributed by atoms with E-state index in [-0.39, 0.29) is 18.6 Å². The van der Waals surface area contributed by atoms with Gasteiger partial charge in [-0.2, -0.15) is 0 Å². The lowest BCUT2D eigenvalue weighted by molar-refractivity contribution is 0.0923. The third-order valence-electron chi connectivity index (χ3n) is 5.07. The molecule has 3 rings (SSSR count). The number of aliphatic hydroxyl groups is 1. The minimum atomic E-state index is -0.551. The molecule has 0 saturated carbocycles. The molecule has 28 heavy (non-hydrogen) atoms. The summed E-state index contributed by atoms with van der Waals surface area (Å²) in [5, 5.41) is 11.9. The molecule has 1 unspecified atom stereocenters. The van der Waals surface area contributed by atoms with Crippen LogP contribution < -0.4 is 10.1 Å². The Kier molecular flexibility index (Phi) is 7.46. The van der Waals surface area contributed by atoms with Gasteiger partial charge in [-0.15, -0.1) is 0 Å². The second-order valence-corrected chi connectivity index (χ2v) is 7.48. The van der Waals surface area contributed by atoms with Gasteiger partial charge in [-0.3, -0.25) is 4.79 Å². The minimum Gasteiger partial charge on any atom is -0.490 e. The van der Waals surface area contributed by atoms with Gasteiger partial charge in [0.2, 0.25) is 0 Å². The molecule has 2 N–H and O–H groups in total. The first kappa shape index (κ1) is 20.4. The SMILES string of the molecule is CC(O)CNC(=O)c1ccc(OC2CCN(CCc3ccccc3)CC2)cc1. The third kappa shape index (κ3) is 6.36. The molecule has 150 valence electrons. The molecule has 0 radical (unpaired) electrons. The van der Waals surface area contributed by atoms with Crippen molar-refractivity contribution < 1.29 is 14.6 Å². The summed E-state index contributed by atoms with van der Waals surface area (Å²) in [4.78, 5) is 14.5. The highest BCUT2D eigenvalue weighted by Crippen LogP contribution is 2.20. The molecule has 1 aliphatic heterocycles. The van der Waals surface area contributed by atoms with Crippen LogP contribution in [0.2, 0.25) is 0 Å². The van der Waals surface area contributed by atoms with Gasteiger partial charge in [0.25, 0.3) is 5.91 Å². The van der Waals surface area contributed by atoms with Crippen LogP contribution in [0.4, 0.5) is 0 Å². The van der Waals surface area contributed by atoms with Gasteiger partial charge in [0.05, 0.1) is 6.10 Å². The predicted octanol–water partition coefficient (Wildman–Crippen LogP) is 2.88. The molecule has 0 aliphatic carbocycles. The number of hydrogen-bond acceptors (Lipinski definition) is 4. The quantitative estimate of drug-likeness (QED) is 0.737. The van der Waals surface area contributed by atoms with E-state index in [0.717, 1.165) is 44.6 Å². The average molecular weight is 383 g/mol. The first-order valence-electron chi connectivity index (χ1n) is 10.1. The highest BCUT2D eigenvalue weighted by molar-refractivity contribution is 5.94. The number of nitrogens with zero attached hydrogens (tertiary/aromatic N) is 1. The second kappa shape index (κ2) is 10.2. The van der Waals surface area contributed by atoms with Crippen LogP contribution in [-0.4, -0.2) is 54.3 Å². The van der Waals surface area contributed by atoms with Crippen LogP contribution in [0, 0.1) is 0 Å². The Bertz CT molecular complexity index is 723. The Morgan fingerprint density at radius 1 is 1.14 bits per heavy atom. The van der Waals surface area contributed by atoms with E-state index in [4.69, 9.17) is 4.74 Å². The molecule has 1 aliphatic rings. The number of carbonyl (C=O) groups excluding carboxylic acids is 1. The number of likely N-dealkylation sites (tertiary alicyclic amines) is 1. The van der Waals surface area contributed by atoms with Crippen molar-refractivity contribution in [2.24, 2.45) is 0 Å². The summed E-state index contributed by atoms with van der Waals surface area (Å²) in [7, 11) is 0. The zero-order chi connectivity index (χ0) is 19.8. The Hall–Kier alpha value is -2.37. The normalized spacial score (nSPS) is 16.5. The van der Waals surface area contributed by atoms with Gasteiger partial charge in [0.15, 0.2) is 0 Å². The Labute approximate surface area is 167 Å². The van der Waals surface area contributed by atoms with Crippen LogP contribution in [0.25, 0.3) is 0 Å². The van der Waals surface area contributed by atoms with E-state index in [1.807, 2.05) is 12.1 Å². The molecular formula is C23H30N2O3. The molecule has 2 aromatic rings. The van der Waals surface area contributed by atoms with Crippen LogP contribution in [0.3, 0.4) is 0 Å². The molecule has 5 nitrogen and oxygen atoms in total. The highest BCUT2D eigenvalue weighted by Gasteiger charge is 2.20. The standard InChI is InChI=1S/C23H30N2O3/c1-18(26)17-24-23(27)20-7-9-21(10-8-20)28-22-12-15-25(16-13-22)14-11-19-5-3-2-4-6-19/h2-10,18,22,26H,11-17H2,1H3,(H,24,27). The Morgan fingerprint density at radius 3 is 2.46 bits per heavy atom. The fraction of sp³-hybridized carbons (Fsp3) is 0.435. The molecule has 1 fully saturated rings. The van der Waals surface area contributed by atoms with Crippen molar-refractivity contribution in [3.05, 3.63) is 65.7 Å². The monoisotopic (exact) mass is 382 g/mol. The zero-order valence-electron chi connectivity index (χ0n) is 16.5. The molecule has 1 heterocycles. The summed E-state index contributed by atoms with van der Waals surface area (Å²) in [5.41, 5.74) is 1.96. The summed E-state index contributed by atoms with van der Waals surface area (Å²) >= 11 is 0. The number of amides is 1. The van der Waals surface area contributed by atoms with Crippen molar-refractivity contribution in [2.75, 3.05) is 26.2 Å². The van der Waals surface area contributed by atoms with Gasteiger partial charge >= 0.3 is 0 Å². The first-order valence-corrected chi connectivity index (χ1v) is 10.1. The minimum absolute atomic E-state index is 0.181. The Morgan fingerprint density at radius 2 is 1.82 bits per heavy atom. The summed E-state index contributed by atoms with van der Waals surface area (Å²) < 4.78 is 6.10. The number of aliphatic hydroxyl groups excluding tert-OH is 1. The smallest absolute Gasteiger partial charge is 0.251 e. The molecule has 1 amide bonds. The maximum Gasteiger partial charge on any atom is 0.251 e. The number of nitrogens with one attached hydrogen (secondary N) is 1. The molecule has 0 bridgehead atoms. The second-order valence-electron chi connectivity index (χ2n) is 7.48. The van der Waals surface area contributed by atoms with E-state index < -0.39 is 6.10 Å². The average Bonchev–Trinajstić information content (AvgIpc) is 2.73. The van der Waals surface area contributed by atoms with E-state index in [9.17, 15) is 9.90 Å². The van der Waals surface area contributed by atoms with E-state index in [1.54, 1.807) is 19.1 Å². The fourth-order valence-electron chi connectivity index (χ4n) is 3.40. The van der Waals surface area contributed by atoms with Crippen LogP contribution >= 0.6 is 0 Å². The lowest BCUT2D eigenvalue weighted by Crippen LogP contribution is -2.39. The highest BCUT2D eigenvalue weighted by atomic mass is 16.5. The number of carbonyl (C=O) groups is 1. The van der Waals surface area contributed by atoms with E-state index in [2.05, 4.69) is 40.5 Å². The maximum absolute atomic E-state index is 12.0. The van der Waals surface area contributed by atoms with Crippen LogP contribution in [0.1, 0.15) is 35.7 Å². The number of benzene rings is 2. The van der Waals surface area contributed by atoms with Gasteiger partial charge < -0.3 is 20.1 Å². The van der Waals surface area contributed by atoms with Gasteiger partial charge in [0, 0.05) is 31.7 Å². The predicted molar refractivity (Wildman–Crippen MR) is 111 cm³/mol. The van der Waals surface area contributed by atoms with Crippen molar-refractivity contribution >= 4 is 5.91 Å². The lowest BCUT2D eigenvalue weighted by atomic mass is 10.1. The molecule has 2 aromatic carbocycles. The van der Waals surface area contributed by atoms with Crippen molar-refractivity contribution in [1.29, 1.82) is 0 Å². The van der Waals surface area contributed by atoms with Gasteiger partial charge in [-0.1, -0.05) is 30.3 Å². The van der Waals surface area contributed by atoms with E-state index in [1.165, 1.54) is 5.56 Å². The van der Waals surface area contributed by atoms with E-state index in [0.29, 0.717) is 5.56 Å². The summed E-state index contributed by atoms with van der Waals surface area (Å²) in [6.07, 6.45) is 2.80. The van der Waals surface area contributed by atoms with Crippen molar-refractivity contribution in [3.8, 4) is 5.75 Å². The third-order valence-corrected chi connectivity index (χ3v) is 5.07. The number of hydrogen-bond donors (Lipinski definition) is 2. The molecule has 0 aromatic heterocycles.